The zero-order chi connectivity index (χ0) is 11.1. The van der Waals surface area contributed by atoms with E-state index >= 15 is 0 Å². The minimum atomic E-state index is -2.45. The van der Waals surface area contributed by atoms with Crippen LogP contribution in [-0.4, -0.2) is 43.9 Å². The third-order valence-corrected chi connectivity index (χ3v) is 3.75. The van der Waals surface area contributed by atoms with Gasteiger partial charge >= 0.3 is 0 Å². The predicted molar refractivity (Wildman–Crippen MR) is 45.2 cm³/mol. The topological polar surface area (TPSA) is 107 Å². The molecular formula is C9H9NO5. The van der Waals surface area contributed by atoms with Gasteiger partial charge in [-0.15, -0.1) is 0 Å². The van der Waals surface area contributed by atoms with Crippen molar-refractivity contribution < 1.29 is 24.9 Å². The quantitative estimate of drug-likeness (QED) is 0.260. The SMILES string of the molecule is O=C1NC(=O)C2(O)C3(O)C=CC(C3)C12O. The minimum Gasteiger partial charge on any atom is -0.382 e. The van der Waals surface area contributed by atoms with E-state index in [1.807, 2.05) is 5.32 Å². The van der Waals surface area contributed by atoms with Gasteiger partial charge < -0.3 is 15.3 Å². The molecule has 80 valence electrons. The maximum absolute atomic E-state index is 11.5. The van der Waals surface area contributed by atoms with E-state index in [1.165, 1.54) is 12.2 Å². The van der Waals surface area contributed by atoms with Gasteiger partial charge in [0, 0.05) is 5.92 Å². The Balaban J connectivity index is 2.31. The van der Waals surface area contributed by atoms with Crippen LogP contribution in [0, 0.1) is 5.92 Å². The number of fused-ring (bicyclic) bond motifs is 5. The average Bonchev–Trinajstić information content (AvgIpc) is 2.69. The number of amides is 2. The van der Waals surface area contributed by atoms with Crippen molar-refractivity contribution in [2.45, 2.75) is 23.2 Å². The second-order valence-electron chi connectivity index (χ2n) is 4.35. The summed E-state index contributed by atoms with van der Waals surface area (Å²) in [6.45, 7) is 0. The lowest BCUT2D eigenvalue weighted by Crippen LogP contribution is -2.65. The van der Waals surface area contributed by atoms with E-state index in [9.17, 15) is 24.9 Å². The number of aliphatic hydroxyl groups is 3. The highest BCUT2D eigenvalue weighted by Gasteiger charge is 2.82. The summed E-state index contributed by atoms with van der Waals surface area (Å²) in [4.78, 5) is 22.9. The first-order chi connectivity index (χ1) is 6.86. The molecule has 2 aliphatic carbocycles. The molecule has 0 aromatic heterocycles. The van der Waals surface area contributed by atoms with Crippen molar-refractivity contribution in [2.24, 2.45) is 5.92 Å². The Hall–Kier alpha value is -1.24. The van der Waals surface area contributed by atoms with Crippen molar-refractivity contribution in [1.29, 1.82) is 0 Å². The van der Waals surface area contributed by atoms with Gasteiger partial charge in [-0.3, -0.25) is 14.9 Å². The van der Waals surface area contributed by atoms with Crippen molar-refractivity contribution in [1.82, 2.24) is 5.32 Å². The van der Waals surface area contributed by atoms with Crippen LogP contribution < -0.4 is 5.32 Å². The van der Waals surface area contributed by atoms with Crippen molar-refractivity contribution in [3.05, 3.63) is 12.2 Å². The zero-order valence-corrected chi connectivity index (χ0v) is 7.60. The number of carbonyl (C=O) groups is 2. The second kappa shape index (κ2) is 1.99. The van der Waals surface area contributed by atoms with E-state index in [2.05, 4.69) is 0 Å². The number of carbonyl (C=O) groups excluding carboxylic acids is 2. The fourth-order valence-electron chi connectivity index (χ4n) is 2.89. The molecule has 6 heteroatoms. The summed E-state index contributed by atoms with van der Waals surface area (Å²) in [5.41, 5.74) is -6.52. The molecule has 0 aromatic carbocycles. The van der Waals surface area contributed by atoms with Gasteiger partial charge in [0.05, 0.1) is 0 Å². The molecule has 1 aliphatic heterocycles. The van der Waals surface area contributed by atoms with Crippen LogP contribution >= 0.6 is 0 Å². The molecule has 4 N–H and O–H groups in total. The van der Waals surface area contributed by atoms with Crippen LogP contribution in [0.25, 0.3) is 0 Å². The first-order valence-corrected chi connectivity index (χ1v) is 4.58. The standard InChI is InChI=1S/C9H9NO5/c11-5-8(14)4-1-2-7(13,3-4)9(8,15)6(12)10-5/h1-2,4,13-15H,3H2,(H,10,11,12). The number of hydrogen-bond donors (Lipinski definition) is 4. The molecule has 1 heterocycles. The maximum Gasteiger partial charge on any atom is 0.265 e. The predicted octanol–water partition coefficient (Wildman–Crippen LogP) is -2.57. The summed E-state index contributed by atoms with van der Waals surface area (Å²) in [6, 6.07) is 0. The molecule has 4 unspecified atom stereocenters. The number of nitrogens with one attached hydrogen (secondary N) is 1. The largest absolute Gasteiger partial charge is 0.382 e. The highest BCUT2D eigenvalue weighted by molar-refractivity contribution is 6.15. The monoisotopic (exact) mass is 211 g/mol. The first kappa shape index (κ1) is 9.02. The van der Waals surface area contributed by atoms with Gasteiger partial charge in [0.15, 0.2) is 5.60 Å². The van der Waals surface area contributed by atoms with Crippen LogP contribution in [0.2, 0.25) is 0 Å². The van der Waals surface area contributed by atoms with Crippen molar-refractivity contribution in [2.75, 3.05) is 0 Å². The molecule has 1 saturated carbocycles. The van der Waals surface area contributed by atoms with Gasteiger partial charge in [0.2, 0.25) is 5.60 Å². The summed E-state index contributed by atoms with van der Waals surface area (Å²) in [5.74, 6) is -2.71. The number of imide groups is 1. The maximum atomic E-state index is 11.5. The van der Waals surface area contributed by atoms with Crippen molar-refractivity contribution in [3.8, 4) is 0 Å². The molecule has 3 aliphatic rings. The second-order valence-corrected chi connectivity index (χ2v) is 4.35. The summed E-state index contributed by atoms with van der Waals surface area (Å²) in [6.07, 6.45) is 2.70. The lowest BCUT2D eigenvalue weighted by atomic mass is 9.74. The molecule has 0 aromatic rings. The molecule has 1 saturated heterocycles. The lowest BCUT2D eigenvalue weighted by Gasteiger charge is -2.37. The van der Waals surface area contributed by atoms with E-state index in [4.69, 9.17) is 0 Å². The fraction of sp³-hybridized carbons (Fsp3) is 0.556. The molecule has 0 radical (unpaired) electrons. The molecule has 3 rings (SSSR count). The fourth-order valence-corrected chi connectivity index (χ4v) is 2.89. The van der Waals surface area contributed by atoms with Gasteiger partial charge in [0.25, 0.3) is 11.8 Å². The Bertz CT molecular complexity index is 432. The van der Waals surface area contributed by atoms with E-state index in [1.54, 1.807) is 0 Å². The third-order valence-electron chi connectivity index (χ3n) is 3.75. The third kappa shape index (κ3) is 0.597. The highest BCUT2D eigenvalue weighted by Crippen LogP contribution is 2.57. The van der Waals surface area contributed by atoms with Gasteiger partial charge in [0.1, 0.15) is 5.60 Å². The van der Waals surface area contributed by atoms with Gasteiger partial charge in [-0.05, 0) is 6.42 Å². The molecule has 2 amide bonds. The Morgan fingerprint density at radius 2 is 1.93 bits per heavy atom. The van der Waals surface area contributed by atoms with Crippen molar-refractivity contribution >= 4 is 11.8 Å². The van der Waals surface area contributed by atoms with Crippen LogP contribution in [0.1, 0.15) is 6.42 Å². The summed E-state index contributed by atoms with van der Waals surface area (Å²) < 4.78 is 0. The van der Waals surface area contributed by atoms with E-state index < -0.39 is 34.5 Å². The summed E-state index contributed by atoms with van der Waals surface area (Å²) >= 11 is 0. The summed E-state index contributed by atoms with van der Waals surface area (Å²) in [7, 11) is 0. The first-order valence-electron chi connectivity index (χ1n) is 4.58. The molecule has 15 heavy (non-hydrogen) atoms. The molecule has 2 fully saturated rings. The molecule has 0 spiro atoms. The Labute approximate surface area is 84.2 Å². The average molecular weight is 211 g/mol. The van der Waals surface area contributed by atoms with Gasteiger partial charge in [-0.25, -0.2) is 0 Å². The molecule has 6 nitrogen and oxygen atoms in total. The minimum absolute atomic E-state index is 0.0147. The smallest absolute Gasteiger partial charge is 0.265 e. The Kier molecular flexibility index (Phi) is 1.20. The lowest BCUT2D eigenvalue weighted by molar-refractivity contribution is -0.191. The van der Waals surface area contributed by atoms with E-state index in [0.717, 1.165) is 0 Å². The van der Waals surface area contributed by atoms with Crippen LogP contribution in [0.5, 0.6) is 0 Å². The number of hydrogen-bond acceptors (Lipinski definition) is 5. The van der Waals surface area contributed by atoms with Crippen LogP contribution in [0.4, 0.5) is 0 Å². The molecule has 4 atom stereocenters. The van der Waals surface area contributed by atoms with E-state index in [-0.39, 0.29) is 6.42 Å². The number of rotatable bonds is 0. The van der Waals surface area contributed by atoms with Crippen LogP contribution in [-0.2, 0) is 9.59 Å². The van der Waals surface area contributed by atoms with Gasteiger partial charge in [-0.1, -0.05) is 12.2 Å². The molecule has 2 bridgehead atoms. The summed E-state index contributed by atoms with van der Waals surface area (Å²) in [5, 5.41) is 32.0. The van der Waals surface area contributed by atoms with Crippen molar-refractivity contribution in [3.63, 3.8) is 0 Å². The Morgan fingerprint density at radius 1 is 1.27 bits per heavy atom. The van der Waals surface area contributed by atoms with Crippen LogP contribution in [0.3, 0.4) is 0 Å². The van der Waals surface area contributed by atoms with Crippen LogP contribution in [0.15, 0.2) is 12.2 Å². The highest BCUT2D eigenvalue weighted by atomic mass is 16.4. The normalized spacial score (nSPS) is 56.1. The zero-order valence-electron chi connectivity index (χ0n) is 7.60. The Morgan fingerprint density at radius 3 is 2.53 bits per heavy atom. The van der Waals surface area contributed by atoms with E-state index in [0.29, 0.717) is 0 Å². The van der Waals surface area contributed by atoms with Gasteiger partial charge in [-0.2, -0.15) is 0 Å². The molecular weight excluding hydrogens is 202 g/mol.